The topological polar surface area (TPSA) is 71.8 Å². The molecule has 0 unspecified atom stereocenters. The SMILES string of the molecule is Nc1ncc(-c2ccc(Cl)s2)c(=O)[nH]1. The van der Waals surface area contributed by atoms with E-state index in [0.717, 1.165) is 4.88 Å². The Kier molecular flexibility index (Phi) is 2.26. The second-order valence-electron chi connectivity index (χ2n) is 2.61. The lowest BCUT2D eigenvalue weighted by molar-refractivity contribution is 1.14. The quantitative estimate of drug-likeness (QED) is 0.780. The third-order valence-electron chi connectivity index (χ3n) is 1.66. The van der Waals surface area contributed by atoms with Gasteiger partial charge in [0.15, 0.2) is 5.95 Å². The van der Waals surface area contributed by atoms with Crippen molar-refractivity contribution < 1.29 is 0 Å². The molecule has 6 heteroatoms. The largest absolute Gasteiger partial charge is 0.369 e. The van der Waals surface area contributed by atoms with Crippen molar-refractivity contribution in [3.8, 4) is 10.4 Å². The minimum absolute atomic E-state index is 0.112. The van der Waals surface area contributed by atoms with Crippen molar-refractivity contribution in [3.05, 3.63) is 33.0 Å². The lowest BCUT2D eigenvalue weighted by Crippen LogP contribution is -2.11. The lowest BCUT2D eigenvalue weighted by Gasteiger charge is -1.95. The Morgan fingerprint density at radius 1 is 1.50 bits per heavy atom. The van der Waals surface area contributed by atoms with Gasteiger partial charge in [-0.1, -0.05) is 11.6 Å². The lowest BCUT2D eigenvalue weighted by atomic mass is 10.3. The summed E-state index contributed by atoms with van der Waals surface area (Å²) in [6, 6.07) is 3.51. The van der Waals surface area contributed by atoms with Crippen molar-refractivity contribution in [1.82, 2.24) is 9.97 Å². The fourth-order valence-electron chi connectivity index (χ4n) is 1.04. The molecule has 0 fully saturated rings. The van der Waals surface area contributed by atoms with Crippen LogP contribution in [-0.2, 0) is 0 Å². The van der Waals surface area contributed by atoms with Gasteiger partial charge in [-0.25, -0.2) is 4.98 Å². The predicted molar refractivity (Wildman–Crippen MR) is 57.6 cm³/mol. The number of nitrogens with zero attached hydrogens (tertiary/aromatic N) is 1. The van der Waals surface area contributed by atoms with E-state index < -0.39 is 0 Å². The van der Waals surface area contributed by atoms with Crippen LogP contribution in [0.2, 0.25) is 4.34 Å². The standard InChI is InChI=1S/C8H6ClN3OS/c9-6-2-1-5(14-6)4-3-11-8(10)12-7(4)13/h1-3H,(H3,10,11,12,13). The van der Waals surface area contributed by atoms with E-state index in [9.17, 15) is 4.79 Å². The van der Waals surface area contributed by atoms with Crippen molar-refractivity contribution in [2.24, 2.45) is 0 Å². The summed E-state index contributed by atoms with van der Waals surface area (Å²) in [5, 5.41) is 0. The molecule has 14 heavy (non-hydrogen) atoms. The van der Waals surface area contributed by atoms with Gasteiger partial charge in [-0.05, 0) is 12.1 Å². The number of H-pyrrole nitrogens is 1. The maximum absolute atomic E-state index is 11.4. The summed E-state index contributed by atoms with van der Waals surface area (Å²) in [4.78, 5) is 18.5. The molecule has 0 aliphatic rings. The number of anilines is 1. The minimum atomic E-state index is -0.254. The van der Waals surface area contributed by atoms with Crippen LogP contribution in [0, 0.1) is 0 Å². The second kappa shape index (κ2) is 3.43. The van der Waals surface area contributed by atoms with E-state index in [1.54, 1.807) is 12.1 Å². The van der Waals surface area contributed by atoms with Crippen molar-refractivity contribution in [1.29, 1.82) is 0 Å². The smallest absolute Gasteiger partial charge is 0.260 e. The highest BCUT2D eigenvalue weighted by atomic mass is 35.5. The molecule has 0 aromatic carbocycles. The van der Waals surface area contributed by atoms with Crippen LogP contribution in [0.15, 0.2) is 23.1 Å². The molecule has 2 aromatic heterocycles. The van der Waals surface area contributed by atoms with Crippen LogP contribution in [0.1, 0.15) is 0 Å². The van der Waals surface area contributed by atoms with Gasteiger partial charge in [0, 0.05) is 11.1 Å². The number of aromatic amines is 1. The van der Waals surface area contributed by atoms with E-state index in [1.165, 1.54) is 17.5 Å². The van der Waals surface area contributed by atoms with Gasteiger partial charge < -0.3 is 5.73 Å². The number of thiophene rings is 1. The van der Waals surface area contributed by atoms with Crippen LogP contribution in [0.25, 0.3) is 10.4 Å². The van der Waals surface area contributed by atoms with Gasteiger partial charge in [0.25, 0.3) is 5.56 Å². The van der Waals surface area contributed by atoms with Gasteiger partial charge in [0.2, 0.25) is 0 Å². The minimum Gasteiger partial charge on any atom is -0.369 e. The number of hydrogen-bond donors (Lipinski definition) is 2. The molecule has 0 atom stereocenters. The van der Waals surface area contributed by atoms with E-state index in [-0.39, 0.29) is 11.5 Å². The van der Waals surface area contributed by atoms with Crippen LogP contribution < -0.4 is 11.3 Å². The first kappa shape index (κ1) is 9.23. The molecule has 4 nitrogen and oxygen atoms in total. The van der Waals surface area contributed by atoms with Gasteiger partial charge in [-0.3, -0.25) is 9.78 Å². The van der Waals surface area contributed by atoms with E-state index in [4.69, 9.17) is 17.3 Å². The normalized spacial score (nSPS) is 10.4. The highest BCUT2D eigenvalue weighted by Crippen LogP contribution is 2.28. The molecule has 2 aromatic rings. The summed E-state index contributed by atoms with van der Waals surface area (Å²) in [5.41, 5.74) is 5.55. The molecule has 2 heterocycles. The Morgan fingerprint density at radius 2 is 2.29 bits per heavy atom. The van der Waals surface area contributed by atoms with Crippen molar-refractivity contribution in [2.75, 3.05) is 5.73 Å². The maximum atomic E-state index is 11.4. The van der Waals surface area contributed by atoms with Gasteiger partial charge in [0.1, 0.15) is 0 Å². The Labute approximate surface area is 88.4 Å². The number of rotatable bonds is 1. The van der Waals surface area contributed by atoms with Gasteiger partial charge in [-0.15, -0.1) is 11.3 Å². The summed E-state index contributed by atoms with van der Waals surface area (Å²) in [7, 11) is 0. The summed E-state index contributed by atoms with van der Waals surface area (Å²) < 4.78 is 0.635. The molecular formula is C8H6ClN3OS. The zero-order valence-electron chi connectivity index (χ0n) is 6.95. The van der Waals surface area contributed by atoms with Gasteiger partial charge in [0.05, 0.1) is 9.90 Å². The molecule has 0 amide bonds. The van der Waals surface area contributed by atoms with Crippen molar-refractivity contribution >= 4 is 28.9 Å². The van der Waals surface area contributed by atoms with E-state index in [1.807, 2.05) is 0 Å². The van der Waals surface area contributed by atoms with Crippen molar-refractivity contribution in [2.45, 2.75) is 0 Å². The molecule has 0 saturated carbocycles. The van der Waals surface area contributed by atoms with E-state index in [2.05, 4.69) is 9.97 Å². The van der Waals surface area contributed by atoms with E-state index in [0.29, 0.717) is 9.90 Å². The fraction of sp³-hybridized carbons (Fsp3) is 0. The molecule has 0 bridgehead atoms. The Hall–Kier alpha value is -1.33. The first-order valence-electron chi connectivity index (χ1n) is 3.77. The first-order valence-corrected chi connectivity index (χ1v) is 4.97. The second-order valence-corrected chi connectivity index (χ2v) is 4.33. The maximum Gasteiger partial charge on any atom is 0.260 e. The number of hydrogen-bond acceptors (Lipinski definition) is 4. The summed E-state index contributed by atoms with van der Waals surface area (Å²) in [6.45, 7) is 0. The molecule has 2 rings (SSSR count). The van der Waals surface area contributed by atoms with Crippen LogP contribution in [-0.4, -0.2) is 9.97 Å². The van der Waals surface area contributed by atoms with Crippen LogP contribution in [0.3, 0.4) is 0 Å². The molecule has 0 radical (unpaired) electrons. The highest BCUT2D eigenvalue weighted by Gasteiger charge is 2.06. The molecule has 0 aliphatic carbocycles. The molecule has 0 aliphatic heterocycles. The number of aromatic nitrogens is 2. The number of nitrogens with one attached hydrogen (secondary N) is 1. The molecule has 3 N–H and O–H groups in total. The zero-order valence-corrected chi connectivity index (χ0v) is 8.52. The number of nitrogen functional groups attached to an aromatic ring is 1. The third-order valence-corrected chi connectivity index (χ3v) is 2.92. The average Bonchev–Trinajstić information content (AvgIpc) is 2.51. The van der Waals surface area contributed by atoms with E-state index >= 15 is 0 Å². The van der Waals surface area contributed by atoms with Crippen molar-refractivity contribution in [3.63, 3.8) is 0 Å². The molecule has 72 valence electrons. The van der Waals surface area contributed by atoms with Crippen LogP contribution >= 0.6 is 22.9 Å². The Balaban J connectivity index is 2.57. The molecular weight excluding hydrogens is 222 g/mol. The molecule has 0 spiro atoms. The monoisotopic (exact) mass is 227 g/mol. The highest BCUT2D eigenvalue weighted by molar-refractivity contribution is 7.19. The summed E-state index contributed by atoms with van der Waals surface area (Å²) in [6.07, 6.45) is 1.44. The fourth-order valence-corrected chi connectivity index (χ4v) is 2.09. The Morgan fingerprint density at radius 3 is 2.86 bits per heavy atom. The average molecular weight is 228 g/mol. The number of halogens is 1. The third kappa shape index (κ3) is 1.64. The summed E-state index contributed by atoms with van der Waals surface area (Å²) >= 11 is 7.08. The van der Waals surface area contributed by atoms with Gasteiger partial charge in [-0.2, -0.15) is 0 Å². The van der Waals surface area contributed by atoms with Crippen LogP contribution in [0.5, 0.6) is 0 Å². The van der Waals surface area contributed by atoms with Gasteiger partial charge >= 0.3 is 0 Å². The summed E-state index contributed by atoms with van der Waals surface area (Å²) in [5.74, 6) is 0.112. The zero-order chi connectivity index (χ0) is 10.1. The predicted octanol–water partition coefficient (Wildman–Crippen LogP) is 1.73. The number of nitrogens with two attached hydrogens (primary N) is 1. The Bertz CT molecular complexity index is 519. The van der Waals surface area contributed by atoms with Crippen LogP contribution in [0.4, 0.5) is 5.95 Å². The first-order chi connectivity index (χ1) is 6.66. The molecule has 0 saturated heterocycles.